The van der Waals surface area contributed by atoms with E-state index in [1.54, 1.807) is 5.57 Å². The first-order chi connectivity index (χ1) is 32.4. The van der Waals surface area contributed by atoms with E-state index >= 15 is 9.59 Å². The highest BCUT2D eigenvalue weighted by atomic mass is 16.5. The molecule has 0 bridgehead atoms. The maximum Gasteiger partial charge on any atom is 0.255 e. The van der Waals surface area contributed by atoms with Gasteiger partial charge in [0.25, 0.3) is 5.91 Å². The highest BCUT2D eigenvalue weighted by Crippen LogP contribution is 2.76. The van der Waals surface area contributed by atoms with E-state index in [0.717, 1.165) is 117 Å². The summed E-state index contributed by atoms with van der Waals surface area (Å²) < 4.78 is 6.98. The second-order valence-corrected chi connectivity index (χ2v) is 24.0. The van der Waals surface area contributed by atoms with E-state index in [2.05, 4.69) is 151 Å². The van der Waals surface area contributed by atoms with Crippen molar-refractivity contribution in [3.8, 4) is 11.5 Å². The predicted molar refractivity (Wildman–Crippen MR) is 275 cm³/mol. The molecular weight excluding hydrogens is 841 g/mol. The molecule has 366 valence electrons. The summed E-state index contributed by atoms with van der Waals surface area (Å²) >= 11 is 0. The first kappa shape index (κ1) is 47.4. The monoisotopic (exact) mass is 923 g/mol. The normalized spacial score (nSPS) is 34.7. The highest BCUT2D eigenvalue weighted by Gasteiger charge is 2.69. The van der Waals surface area contributed by atoms with E-state index in [1.807, 2.05) is 12.1 Å². The SMILES string of the molecule is CCN(CC)c1ccc2c(c1)Oc1cc(N(CC)CC)ccc1C21c2ccccc2C(=O)N1CCNC(=O)[C@]12CC[C@@H](C)[C@H](C)[C@@H]1C1=CC[C@@H]3[C@@]4(C)CC[C@H](O)C(C)(C)[C@@H]4CC[C@@]3(C)[C@]1(C)CC2. The molecule has 1 spiro atoms. The fourth-order valence-electron chi connectivity index (χ4n) is 17.2. The number of amides is 2. The minimum Gasteiger partial charge on any atom is -0.456 e. The maximum atomic E-state index is 15.5. The van der Waals surface area contributed by atoms with Crippen molar-refractivity contribution in [2.75, 3.05) is 49.1 Å². The summed E-state index contributed by atoms with van der Waals surface area (Å²) in [5, 5.41) is 14.9. The van der Waals surface area contributed by atoms with Crippen molar-refractivity contribution in [2.24, 2.45) is 56.7 Å². The summed E-state index contributed by atoms with van der Waals surface area (Å²) in [6.07, 6.45) is 11.7. The van der Waals surface area contributed by atoms with Gasteiger partial charge in [-0.25, -0.2) is 0 Å². The predicted octanol–water partition coefficient (Wildman–Crippen LogP) is 12.4. The fraction of sp³-hybridized carbons (Fsp3) is 0.633. The number of aliphatic hydroxyl groups excluding tert-OH is 1. The van der Waals surface area contributed by atoms with Gasteiger partial charge in [0, 0.05) is 79.5 Å². The van der Waals surface area contributed by atoms with Gasteiger partial charge in [-0.1, -0.05) is 90.4 Å². The van der Waals surface area contributed by atoms with Crippen LogP contribution in [0.4, 0.5) is 11.4 Å². The molecular formula is C60H82N4O4. The molecule has 7 aliphatic rings. The van der Waals surface area contributed by atoms with E-state index in [4.69, 9.17) is 4.74 Å². The molecule has 2 amide bonds. The first-order valence-corrected chi connectivity index (χ1v) is 27.0. The number of benzene rings is 3. The van der Waals surface area contributed by atoms with Crippen LogP contribution in [0.5, 0.6) is 11.5 Å². The van der Waals surface area contributed by atoms with Gasteiger partial charge in [-0.3, -0.25) is 9.59 Å². The second-order valence-electron chi connectivity index (χ2n) is 24.0. The summed E-state index contributed by atoms with van der Waals surface area (Å²) in [5.41, 5.74) is 6.09. The van der Waals surface area contributed by atoms with Gasteiger partial charge in [-0.05, 0) is 160 Å². The van der Waals surface area contributed by atoms with Crippen LogP contribution in [-0.2, 0) is 10.3 Å². The van der Waals surface area contributed by atoms with Crippen molar-refractivity contribution in [3.63, 3.8) is 0 Å². The molecule has 2 N–H and O–H groups in total. The zero-order chi connectivity index (χ0) is 48.3. The standard InChI is InChI=1S/C60H82N4O4/c1-12-62(13-2)40-20-22-44-47(36-40)68-48-37-41(63(14-3)15-4)21-23-45(48)60(44)43-19-17-16-18-42(43)53(66)64(60)35-34-61-54(67)59-31-26-38(5)39(6)52(59)46-24-25-50-56(9)29-28-51(65)55(7,8)49(56)27-30-58(50,11)57(46,10)32-33-59/h16-24,36-39,49-52,65H,12-15,25-35H2,1-11H3,(H,61,67)/t38-,39+,49+,50-,51+,52-,56+,57-,58-,59+/m1/s1. The van der Waals surface area contributed by atoms with E-state index in [0.29, 0.717) is 42.3 Å². The third-order valence-corrected chi connectivity index (χ3v) is 21.4. The number of anilines is 2. The average Bonchev–Trinajstić information content (AvgIpc) is 3.56. The number of carbonyl (C=O) groups excluding carboxylic acids is 2. The minimum absolute atomic E-state index is 0.00411. The van der Waals surface area contributed by atoms with Crippen LogP contribution in [-0.4, -0.2) is 67.2 Å². The number of allylic oxidation sites excluding steroid dienone is 2. The third kappa shape index (κ3) is 6.32. The lowest BCUT2D eigenvalue weighted by atomic mass is 9.33. The maximum absolute atomic E-state index is 15.5. The Morgan fingerprint density at radius 3 is 2.03 bits per heavy atom. The molecule has 0 aromatic heterocycles. The molecule has 68 heavy (non-hydrogen) atoms. The lowest BCUT2D eigenvalue weighted by Crippen LogP contribution is -2.66. The minimum atomic E-state index is -0.951. The molecule has 4 saturated carbocycles. The molecule has 8 nitrogen and oxygen atoms in total. The molecule has 0 unspecified atom stereocenters. The number of hydrogen-bond donors (Lipinski definition) is 2. The number of ether oxygens (including phenoxy) is 1. The molecule has 0 radical (unpaired) electrons. The number of nitrogens with zero attached hydrogens (tertiary/aromatic N) is 3. The van der Waals surface area contributed by atoms with Gasteiger partial charge >= 0.3 is 0 Å². The van der Waals surface area contributed by atoms with Crippen LogP contribution in [0, 0.1) is 56.7 Å². The average molecular weight is 923 g/mol. The van der Waals surface area contributed by atoms with Crippen LogP contribution in [0.3, 0.4) is 0 Å². The van der Waals surface area contributed by atoms with Crippen LogP contribution in [0.2, 0.25) is 0 Å². The molecule has 3 aromatic carbocycles. The van der Waals surface area contributed by atoms with Crippen LogP contribution in [0.25, 0.3) is 0 Å². The lowest BCUT2D eigenvalue weighted by molar-refractivity contribution is -0.204. The number of hydrogen-bond acceptors (Lipinski definition) is 6. The van der Waals surface area contributed by atoms with Gasteiger partial charge in [0.1, 0.15) is 17.0 Å². The number of carbonyl (C=O) groups is 2. The highest BCUT2D eigenvalue weighted by molar-refractivity contribution is 6.02. The van der Waals surface area contributed by atoms with Crippen molar-refractivity contribution in [2.45, 2.75) is 146 Å². The van der Waals surface area contributed by atoms with Crippen molar-refractivity contribution in [1.29, 1.82) is 0 Å². The largest absolute Gasteiger partial charge is 0.456 e. The molecule has 5 aliphatic carbocycles. The van der Waals surface area contributed by atoms with Crippen molar-refractivity contribution in [1.82, 2.24) is 10.2 Å². The van der Waals surface area contributed by atoms with Crippen molar-refractivity contribution >= 4 is 23.2 Å². The molecule has 3 aromatic rings. The Labute approximate surface area is 408 Å². The molecule has 2 aliphatic heterocycles. The van der Waals surface area contributed by atoms with Gasteiger partial charge in [-0.2, -0.15) is 0 Å². The number of rotatable bonds is 10. The Kier molecular flexibility index (Phi) is 11.6. The molecule has 10 rings (SSSR count). The Balaban J connectivity index is 1.00. The molecule has 2 heterocycles. The van der Waals surface area contributed by atoms with Gasteiger partial charge in [0.2, 0.25) is 5.91 Å². The molecule has 0 saturated heterocycles. The Hall–Kier alpha value is -4.30. The summed E-state index contributed by atoms with van der Waals surface area (Å²) in [7, 11) is 0. The molecule has 4 fully saturated rings. The van der Waals surface area contributed by atoms with Gasteiger partial charge in [0.15, 0.2) is 0 Å². The van der Waals surface area contributed by atoms with Crippen molar-refractivity contribution < 1.29 is 19.4 Å². The lowest BCUT2D eigenvalue weighted by Gasteiger charge is -2.71. The smallest absolute Gasteiger partial charge is 0.255 e. The second kappa shape index (κ2) is 16.7. The number of nitrogens with one attached hydrogen (secondary N) is 1. The van der Waals surface area contributed by atoms with Gasteiger partial charge in [0.05, 0.1) is 11.5 Å². The van der Waals surface area contributed by atoms with Crippen LogP contribution in [0.1, 0.15) is 161 Å². The van der Waals surface area contributed by atoms with E-state index in [-0.39, 0.29) is 45.5 Å². The van der Waals surface area contributed by atoms with E-state index in [9.17, 15) is 5.11 Å². The van der Waals surface area contributed by atoms with Gasteiger partial charge in [-0.15, -0.1) is 0 Å². The fourth-order valence-corrected chi connectivity index (χ4v) is 17.2. The van der Waals surface area contributed by atoms with Crippen LogP contribution in [0.15, 0.2) is 72.3 Å². The Bertz CT molecular complexity index is 2440. The summed E-state index contributed by atoms with van der Waals surface area (Å²) in [6.45, 7) is 30.3. The van der Waals surface area contributed by atoms with Crippen molar-refractivity contribution in [3.05, 3.63) is 94.6 Å². The topological polar surface area (TPSA) is 85.4 Å². The number of aliphatic hydroxyl groups is 1. The third-order valence-electron chi connectivity index (χ3n) is 21.4. The van der Waals surface area contributed by atoms with Gasteiger partial charge < -0.3 is 29.9 Å². The first-order valence-electron chi connectivity index (χ1n) is 27.0. The molecule has 10 atom stereocenters. The zero-order valence-corrected chi connectivity index (χ0v) is 43.4. The Morgan fingerprint density at radius 2 is 1.40 bits per heavy atom. The quantitative estimate of drug-likeness (QED) is 0.197. The van der Waals surface area contributed by atoms with Crippen LogP contribution >= 0.6 is 0 Å². The zero-order valence-electron chi connectivity index (χ0n) is 43.4. The molecule has 8 heteroatoms. The summed E-state index contributed by atoms with van der Waals surface area (Å²) in [6, 6.07) is 21.2. The van der Waals surface area contributed by atoms with E-state index in [1.165, 1.54) is 6.42 Å². The van der Waals surface area contributed by atoms with Crippen LogP contribution < -0.4 is 19.9 Å². The Morgan fingerprint density at radius 1 is 0.765 bits per heavy atom. The van der Waals surface area contributed by atoms with E-state index < -0.39 is 11.0 Å². The summed E-state index contributed by atoms with van der Waals surface area (Å²) in [5.74, 6) is 3.82. The summed E-state index contributed by atoms with van der Waals surface area (Å²) in [4.78, 5) is 37.4. The number of fused-ring (bicyclic) bond motifs is 13.